The predicted octanol–water partition coefficient (Wildman–Crippen LogP) is 3.87. The SMILES string of the molecule is COc1ccc(CC(C)(C)NC[C@H](O)c2cccc(C(F)(F)F)n2)cc1.S. The van der Waals surface area contributed by atoms with E-state index >= 15 is 0 Å². The molecule has 1 atom stereocenters. The maximum atomic E-state index is 12.7. The molecule has 2 rings (SSSR count). The van der Waals surface area contributed by atoms with Crippen LogP contribution >= 0.6 is 13.5 Å². The predicted molar refractivity (Wildman–Crippen MR) is 103 cm³/mol. The number of ether oxygens (including phenoxy) is 1. The number of rotatable bonds is 7. The highest BCUT2D eigenvalue weighted by molar-refractivity contribution is 7.59. The Labute approximate surface area is 164 Å². The van der Waals surface area contributed by atoms with Crippen LogP contribution < -0.4 is 10.1 Å². The second kappa shape index (κ2) is 9.43. The number of hydrogen-bond donors (Lipinski definition) is 2. The number of methoxy groups -OCH3 is 1. The molecule has 0 radical (unpaired) electrons. The first-order valence-corrected chi connectivity index (χ1v) is 8.21. The zero-order valence-electron chi connectivity index (χ0n) is 15.5. The fraction of sp³-hybridized carbons (Fsp3) is 0.421. The van der Waals surface area contributed by atoms with Crippen LogP contribution in [0.5, 0.6) is 5.75 Å². The maximum Gasteiger partial charge on any atom is 0.433 e. The van der Waals surface area contributed by atoms with Gasteiger partial charge in [0.15, 0.2) is 0 Å². The number of aliphatic hydroxyl groups is 1. The molecule has 8 heteroatoms. The lowest BCUT2D eigenvalue weighted by molar-refractivity contribution is -0.141. The van der Waals surface area contributed by atoms with Gasteiger partial charge < -0.3 is 15.2 Å². The number of aliphatic hydroxyl groups excluding tert-OH is 1. The van der Waals surface area contributed by atoms with Gasteiger partial charge in [-0.15, -0.1) is 0 Å². The summed E-state index contributed by atoms with van der Waals surface area (Å²) in [6.07, 6.45) is -4.98. The summed E-state index contributed by atoms with van der Waals surface area (Å²) >= 11 is 0. The molecule has 0 spiro atoms. The summed E-state index contributed by atoms with van der Waals surface area (Å²) in [5.74, 6) is 0.769. The van der Waals surface area contributed by atoms with Gasteiger partial charge in [0.25, 0.3) is 0 Å². The fourth-order valence-electron chi connectivity index (χ4n) is 2.59. The molecule has 2 aromatic rings. The molecule has 0 aliphatic carbocycles. The number of aromatic nitrogens is 1. The van der Waals surface area contributed by atoms with Crippen LogP contribution in [0.2, 0.25) is 0 Å². The van der Waals surface area contributed by atoms with Crippen LogP contribution in [0, 0.1) is 0 Å². The molecule has 0 aliphatic rings. The lowest BCUT2D eigenvalue weighted by atomic mass is 9.94. The summed E-state index contributed by atoms with van der Waals surface area (Å²) in [6.45, 7) is 4.02. The number of hydrogen-bond acceptors (Lipinski definition) is 4. The van der Waals surface area contributed by atoms with Gasteiger partial charge in [0.2, 0.25) is 0 Å². The van der Waals surface area contributed by atoms with Crippen LogP contribution in [-0.2, 0) is 12.6 Å². The molecular formula is C19H25F3N2O2S. The van der Waals surface area contributed by atoms with E-state index < -0.39 is 18.0 Å². The maximum absolute atomic E-state index is 12.7. The molecule has 0 amide bonds. The molecule has 0 bridgehead atoms. The van der Waals surface area contributed by atoms with Crippen molar-refractivity contribution in [2.75, 3.05) is 13.7 Å². The second-order valence-corrected chi connectivity index (χ2v) is 6.75. The minimum atomic E-state index is -4.53. The Hall–Kier alpha value is -1.77. The van der Waals surface area contributed by atoms with E-state index in [4.69, 9.17) is 4.74 Å². The summed E-state index contributed by atoms with van der Waals surface area (Å²) in [5, 5.41) is 13.4. The van der Waals surface area contributed by atoms with Gasteiger partial charge in [0.1, 0.15) is 17.5 Å². The second-order valence-electron chi connectivity index (χ2n) is 6.75. The Balaban J connectivity index is 0.00000364. The number of nitrogens with one attached hydrogen (secondary N) is 1. The van der Waals surface area contributed by atoms with Gasteiger partial charge in [-0.3, -0.25) is 0 Å². The molecule has 1 aromatic heterocycles. The molecule has 0 saturated heterocycles. The lowest BCUT2D eigenvalue weighted by Crippen LogP contribution is -2.43. The van der Waals surface area contributed by atoms with Gasteiger partial charge in [-0.25, -0.2) is 4.98 Å². The van der Waals surface area contributed by atoms with E-state index in [1.807, 2.05) is 38.1 Å². The molecule has 27 heavy (non-hydrogen) atoms. The van der Waals surface area contributed by atoms with Gasteiger partial charge in [-0.1, -0.05) is 18.2 Å². The molecule has 0 aliphatic heterocycles. The highest BCUT2D eigenvalue weighted by atomic mass is 32.1. The Morgan fingerprint density at radius 1 is 1.11 bits per heavy atom. The van der Waals surface area contributed by atoms with Gasteiger partial charge >= 0.3 is 6.18 Å². The molecule has 150 valence electrons. The molecular weight excluding hydrogens is 377 g/mol. The molecule has 0 unspecified atom stereocenters. The summed E-state index contributed by atoms with van der Waals surface area (Å²) in [5.41, 5.74) is -0.300. The summed E-state index contributed by atoms with van der Waals surface area (Å²) in [4.78, 5) is 3.52. The summed E-state index contributed by atoms with van der Waals surface area (Å²) in [6, 6.07) is 11.2. The third kappa shape index (κ3) is 7.04. The fourth-order valence-corrected chi connectivity index (χ4v) is 2.59. The molecule has 0 saturated carbocycles. The van der Waals surface area contributed by atoms with Crippen molar-refractivity contribution in [2.24, 2.45) is 0 Å². The highest BCUT2D eigenvalue weighted by Crippen LogP contribution is 2.28. The lowest BCUT2D eigenvalue weighted by Gasteiger charge is -2.28. The van der Waals surface area contributed by atoms with Crippen molar-refractivity contribution in [1.29, 1.82) is 0 Å². The normalized spacial score (nSPS) is 13.0. The number of β-amino-alcohol motifs (C(OH)–C–C–N with tert-alkyl or cyclic N) is 1. The monoisotopic (exact) mass is 402 g/mol. The summed E-state index contributed by atoms with van der Waals surface area (Å²) in [7, 11) is 1.60. The van der Waals surface area contributed by atoms with E-state index in [2.05, 4.69) is 10.3 Å². The Bertz CT molecular complexity index is 722. The highest BCUT2D eigenvalue weighted by Gasteiger charge is 2.33. The minimum Gasteiger partial charge on any atom is -0.497 e. The first kappa shape index (κ1) is 23.3. The molecule has 2 N–H and O–H groups in total. The molecule has 1 heterocycles. The third-order valence-electron chi connectivity index (χ3n) is 3.98. The van der Waals surface area contributed by atoms with Crippen molar-refractivity contribution in [2.45, 2.75) is 38.1 Å². The molecule has 4 nitrogen and oxygen atoms in total. The van der Waals surface area contributed by atoms with Crippen molar-refractivity contribution < 1.29 is 23.0 Å². The van der Waals surface area contributed by atoms with E-state index in [-0.39, 0.29) is 31.3 Å². The number of benzene rings is 1. The van der Waals surface area contributed by atoms with E-state index in [0.717, 1.165) is 17.4 Å². The van der Waals surface area contributed by atoms with Crippen molar-refractivity contribution in [3.8, 4) is 5.75 Å². The number of pyridine rings is 1. The number of nitrogens with zero attached hydrogens (tertiary/aromatic N) is 1. The number of halogens is 3. The first-order chi connectivity index (χ1) is 12.1. The quantitative estimate of drug-likeness (QED) is 0.738. The number of alkyl halides is 3. The van der Waals surface area contributed by atoms with Gasteiger partial charge in [-0.05, 0) is 50.1 Å². The van der Waals surface area contributed by atoms with Crippen LogP contribution in [0.1, 0.15) is 36.9 Å². The van der Waals surface area contributed by atoms with Crippen molar-refractivity contribution in [1.82, 2.24) is 10.3 Å². The first-order valence-electron chi connectivity index (χ1n) is 8.21. The van der Waals surface area contributed by atoms with Crippen LogP contribution in [-0.4, -0.2) is 29.3 Å². The van der Waals surface area contributed by atoms with Gasteiger partial charge in [0, 0.05) is 12.1 Å². The van der Waals surface area contributed by atoms with E-state index in [0.29, 0.717) is 6.42 Å². The molecule has 0 fully saturated rings. The van der Waals surface area contributed by atoms with Crippen molar-refractivity contribution in [3.63, 3.8) is 0 Å². The Morgan fingerprint density at radius 3 is 2.30 bits per heavy atom. The van der Waals surface area contributed by atoms with Gasteiger partial charge in [0.05, 0.1) is 12.8 Å². The Morgan fingerprint density at radius 2 is 1.74 bits per heavy atom. The van der Waals surface area contributed by atoms with E-state index in [1.165, 1.54) is 12.1 Å². The van der Waals surface area contributed by atoms with E-state index in [9.17, 15) is 18.3 Å². The zero-order chi connectivity index (χ0) is 19.4. The Kier molecular flexibility index (Phi) is 8.13. The average molecular weight is 402 g/mol. The average Bonchev–Trinajstić information content (AvgIpc) is 2.59. The minimum absolute atomic E-state index is 0. The van der Waals surface area contributed by atoms with Gasteiger partial charge in [-0.2, -0.15) is 26.7 Å². The standard InChI is InChI=1S/C19H23F3N2O2.H2S/c1-18(2,11-13-7-9-14(26-3)10-8-13)23-12-16(25)15-5-4-6-17(24-15)19(20,21)22;/h4-10,16,23,25H,11-12H2,1-3H3;1H2/t16-;/m0./s1. The van der Waals surface area contributed by atoms with Crippen LogP contribution in [0.4, 0.5) is 13.2 Å². The zero-order valence-corrected chi connectivity index (χ0v) is 16.5. The van der Waals surface area contributed by atoms with E-state index in [1.54, 1.807) is 7.11 Å². The van der Waals surface area contributed by atoms with Crippen molar-refractivity contribution >= 4 is 13.5 Å². The molecule has 1 aromatic carbocycles. The largest absolute Gasteiger partial charge is 0.497 e. The van der Waals surface area contributed by atoms with Crippen LogP contribution in [0.15, 0.2) is 42.5 Å². The van der Waals surface area contributed by atoms with Crippen molar-refractivity contribution in [3.05, 3.63) is 59.4 Å². The third-order valence-corrected chi connectivity index (χ3v) is 3.98. The van der Waals surface area contributed by atoms with Crippen LogP contribution in [0.3, 0.4) is 0 Å². The summed E-state index contributed by atoms with van der Waals surface area (Å²) < 4.78 is 43.3. The van der Waals surface area contributed by atoms with Crippen LogP contribution in [0.25, 0.3) is 0 Å². The smallest absolute Gasteiger partial charge is 0.433 e. The topological polar surface area (TPSA) is 54.4 Å².